The third kappa shape index (κ3) is 3.57. The number of aryl methyl sites for hydroxylation is 1. The fourth-order valence-corrected chi connectivity index (χ4v) is 5.04. The summed E-state index contributed by atoms with van der Waals surface area (Å²) in [5, 5.41) is 0.969. The van der Waals surface area contributed by atoms with E-state index in [1.807, 2.05) is 18.2 Å². The lowest BCUT2D eigenvalue weighted by molar-refractivity contribution is -0.132. The molecular weight excluding hydrogens is 330 g/mol. The van der Waals surface area contributed by atoms with Gasteiger partial charge in [-0.15, -0.1) is 0 Å². The summed E-state index contributed by atoms with van der Waals surface area (Å²) >= 11 is 1.60. The number of carbonyl (C=O) groups excluding carboxylic acids is 1. The second-order valence-electron chi connectivity index (χ2n) is 7.24. The van der Waals surface area contributed by atoms with Crippen LogP contribution in [0.5, 0.6) is 0 Å². The van der Waals surface area contributed by atoms with Crippen LogP contribution in [0.25, 0.3) is 11.0 Å². The number of nitrogens with zero attached hydrogens (tertiary/aromatic N) is 3. The van der Waals surface area contributed by atoms with Gasteiger partial charge in [-0.2, -0.15) is 0 Å². The summed E-state index contributed by atoms with van der Waals surface area (Å²) in [6, 6.07) is 9.23. The third-order valence-electron chi connectivity index (χ3n) is 5.46. The van der Waals surface area contributed by atoms with Crippen LogP contribution in [-0.2, 0) is 11.3 Å². The molecule has 5 heteroatoms. The summed E-state index contributed by atoms with van der Waals surface area (Å²) in [6.45, 7) is 3.02. The number of para-hydroxylation sites is 2. The van der Waals surface area contributed by atoms with Gasteiger partial charge in [0.05, 0.1) is 16.8 Å². The maximum absolute atomic E-state index is 13.0. The van der Waals surface area contributed by atoms with Crippen LogP contribution in [0.4, 0.5) is 0 Å². The highest BCUT2D eigenvalue weighted by Crippen LogP contribution is 2.35. The van der Waals surface area contributed by atoms with Gasteiger partial charge in [0.2, 0.25) is 5.91 Å². The minimum atomic E-state index is 0.314. The van der Waals surface area contributed by atoms with E-state index in [2.05, 4.69) is 22.5 Å². The van der Waals surface area contributed by atoms with E-state index in [-0.39, 0.29) is 0 Å². The van der Waals surface area contributed by atoms with Crippen molar-refractivity contribution in [1.29, 1.82) is 0 Å². The Bertz CT molecular complexity index is 746. The fourth-order valence-electron chi connectivity index (χ4n) is 4.09. The Hall–Kier alpha value is -1.49. The van der Waals surface area contributed by atoms with E-state index in [9.17, 15) is 4.79 Å². The SMILES string of the molecule is CCn1c(SCC(=O)N(C2CCCCC2)C2CC2)nc2ccccc21. The zero-order valence-electron chi connectivity index (χ0n) is 15.0. The van der Waals surface area contributed by atoms with E-state index < -0.39 is 0 Å². The minimum absolute atomic E-state index is 0.314. The molecule has 0 spiro atoms. The summed E-state index contributed by atoms with van der Waals surface area (Å²) < 4.78 is 2.22. The number of fused-ring (bicyclic) bond motifs is 1. The van der Waals surface area contributed by atoms with E-state index in [1.54, 1.807) is 11.8 Å². The summed E-state index contributed by atoms with van der Waals surface area (Å²) in [7, 11) is 0. The number of aromatic nitrogens is 2. The van der Waals surface area contributed by atoms with Crippen molar-refractivity contribution in [3.8, 4) is 0 Å². The van der Waals surface area contributed by atoms with Crippen molar-refractivity contribution in [1.82, 2.24) is 14.5 Å². The molecule has 0 saturated heterocycles. The quantitative estimate of drug-likeness (QED) is 0.716. The Kier molecular flexibility index (Phi) is 5.02. The van der Waals surface area contributed by atoms with Gasteiger partial charge in [0.15, 0.2) is 5.16 Å². The zero-order chi connectivity index (χ0) is 17.2. The van der Waals surface area contributed by atoms with Gasteiger partial charge < -0.3 is 9.47 Å². The van der Waals surface area contributed by atoms with Gasteiger partial charge in [0.25, 0.3) is 0 Å². The number of hydrogen-bond donors (Lipinski definition) is 0. The van der Waals surface area contributed by atoms with Gasteiger partial charge >= 0.3 is 0 Å². The molecule has 2 fully saturated rings. The molecule has 4 rings (SSSR count). The van der Waals surface area contributed by atoms with Crippen molar-refractivity contribution in [2.75, 3.05) is 5.75 Å². The number of rotatable bonds is 6. The highest BCUT2D eigenvalue weighted by Gasteiger charge is 2.37. The summed E-state index contributed by atoms with van der Waals surface area (Å²) in [6.07, 6.45) is 8.67. The molecule has 1 aromatic heterocycles. The molecule has 4 nitrogen and oxygen atoms in total. The van der Waals surface area contributed by atoms with E-state index in [0.717, 1.165) is 22.7 Å². The average Bonchev–Trinajstić information content (AvgIpc) is 3.41. The van der Waals surface area contributed by atoms with Crippen molar-refractivity contribution in [3.05, 3.63) is 24.3 Å². The molecule has 1 amide bonds. The molecule has 0 unspecified atom stereocenters. The lowest BCUT2D eigenvalue weighted by Crippen LogP contribution is -2.44. The Morgan fingerprint density at radius 3 is 2.60 bits per heavy atom. The first-order valence-electron chi connectivity index (χ1n) is 9.67. The van der Waals surface area contributed by atoms with Crippen LogP contribution in [0.2, 0.25) is 0 Å². The van der Waals surface area contributed by atoms with Gasteiger partial charge in [0, 0.05) is 18.6 Å². The van der Waals surface area contributed by atoms with Crippen LogP contribution >= 0.6 is 11.8 Å². The molecule has 2 aliphatic rings. The molecule has 2 saturated carbocycles. The molecule has 25 heavy (non-hydrogen) atoms. The predicted octanol–water partition coefficient (Wildman–Crippen LogP) is 4.47. The Balaban J connectivity index is 1.47. The Labute approximate surface area is 154 Å². The summed E-state index contributed by atoms with van der Waals surface area (Å²) in [5.41, 5.74) is 2.18. The van der Waals surface area contributed by atoms with Crippen LogP contribution in [0, 0.1) is 0 Å². The largest absolute Gasteiger partial charge is 0.336 e. The minimum Gasteiger partial charge on any atom is -0.336 e. The molecule has 0 N–H and O–H groups in total. The van der Waals surface area contributed by atoms with Gasteiger partial charge in [-0.05, 0) is 44.7 Å². The second kappa shape index (κ2) is 7.40. The lowest BCUT2D eigenvalue weighted by Gasteiger charge is -2.34. The first-order chi connectivity index (χ1) is 12.3. The standard InChI is InChI=1S/C20H27N3OS/c1-2-22-18-11-7-6-10-17(18)21-20(22)25-14-19(24)23(16-12-13-16)15-8-4-3-5-9-15/h6-7,10-11,15-16H,2-5,8-9,12-14H2,1H3. The van der Waals surface area contributed by atoms with Crippen molar-refractivity contribution < 1.29 is 4.79 Å². The number of benzene rings is 1. The van der Waals surface area contributed by atoms with E-state index in [0.29, 0.717) is 23.7 Å². The van der Waals surface area contributed by atoms with Crippen molar-refractivity contribution in [2.24, 2.45) is 0 Å². The first kappa shape index (κ1) is 17.0. The third-order valence-corrected chi connectivity index (χ3v) is 6.42. The average molecular weight is 358 g/mol. The normalized spacial score (nSPS) is 18.6. The second-order valence-corrected chi connectivity index (χ2v) is 8.18. The molecule has 2 aliphatic carbocycles. The van der Waals surface area contributed by atoms with Gasteiger partial charge in [-0.25, -0.2) is 4.98 Å². The summed E-state index contributed by atoms with van der Waals surface area (Å²) in [4.78, 5) is 20.0. The molecule has 134 valence electrons. The van der Waals surface area contributed by atoms with Crippen LogP contribution < -0.4 is 0 Å². The number of amides is 1. The maximum Gasteiger partial charge on any atom is 0.233 e. The molecule has 1 heterocycles. The maximum atomic E-state index is 13.0. The van der Waals surface area contributed by atoms with E-state index in [1.165, 1.54) is 44.9 Å². The number of imidazole rings is 1. The molecular formula is C20H27N3OS. The fraction of sp³-hybridized carbons (Fsp3) is 0.600. The Morgan fingerprint density at radius 1 is 1.16 bits per heavy atom. The van der Waals surface area contributed by atoms with Crippen LogP contribution in [0.1, 0.15) is 51.9 Å². The highest BCUT2D eigenvalue weighted by atomic mass is 32.2. The van der Waals surface area contributed by atoms with Gasteiger partial charge in [-0.3, -0.25) is 4.79 Å². The molecule has 1 aromatic carbocycles. The molecule has 0 bridgehead atoms. The lowest BCUT2D eigenvalue weighted by atomic mass is 9.94. The molecule has 0 radical (unpaired) electrons. The number of hydrogen-bond acceptors (Lipinski definition) is 3. The number of carbonyl (C=O) groups is 1. The van der Waals surface area contributed by atoms with Crippen molar-refractivity contribution in [2.45, 2.75) is 75.7 Å². The van der Waals surface area contributed by atoms with Gasteiger partial charge in [0.1, 0.15) is 0 Å². The molecule has 0 atom stereocenters. The number of thioether (sulfide) groups is 1. The Morgan fingerprint density at radius 2 is 1.88 bits per heavy atom. The topological polar surface area (TPSA) is 38.1 Å². The highest BCUT2D eigenvalue weighted by molar-refractivity contribution is 7.99. The van der Waals surface area contributed by atoms with Crippen LogP contribution in [0.15, 0.2) is 29.4 Å². The summed E-state index contributed by atoms with van der Waals surface area (Å²) in [5.74, 6) is 0.824. The monoisotopic (exact) mass is 357 g/mol. The molecule has 0 aliphatic heterocycles. The first-order valence-corrected chi connectivity index (χ1v) is 10.7. The zero-order valence-corrected chi connectivity index (χ0v) is 15.8. The van der Waals surface area contributed by atoms with Crippen LogP contribution in [0.3, 0.4) is 0 Å². The predicted molar refractivity (Wildman–Crippen MR) is 103 cm³/mol. The molecule has 2 aromatic rings. The smallest absolute Gasteiger partial charge is 0.233 e. The van der Waals surface area contributed by atoms with E-state index in [4.69, 9.17) is 4.98 Å². The van der Waals surface area contributed by atoms with Gasteiger partial charge in [-0.1, -0.05) is 43.2 Å². The van der Waals surface area contributed by atoms with Crippen LogP contribution in [-0.4, -0.2) is 38.2 Å². The van der Waals surface area contributed by atoms with Crippen molar-refractivity contribution >= 4 is 28.7 Å². The van der Waals surface area contributed by atoms with E-state index >= 15 is 0 Å². The van der Waals surface area contributed by atoms with Crippen molar-refractivity contribution in [3.63, 3.8) is 0 Å².